The summed E-state index contributed by atoms with van der Waals surface area (Å²) in [5.74, 6) is 0.911. The number of nitrogens with one attached hydrogen (secondary N) is 2. The zero-order valence-electron chi connectivity index (χ0n) is 17.2. The van der Waals surface area contributed by atoms with Crippen LogP contribution in [0.4, 0.5) is 0 Å². The lowest BCUT2D eigenvalue weighted by Gasteiger charge is -2.42. The van der Waals surface area contributed by atoms with Crippen molar-refractivity contribution < 1.29 is 9.47 Å². The smallest absolute Gasteiger partial charge is 0.191 e. The highest BCUT2D eigenvalue weighted by Crippen LogP contribution is 2.36. The van der Waals surface area contributed by atoms with Gasteiger partial charge in [0, 0.05) is 51.8 Å². The van der Waals surface area contributed by atoms with Gasteiger partial charge in [-0.05, 0) is 32.6 Å². The molecule has 0 amide bonds. The molecule has 0 radical (unpaired) electrons. The molecule has 3 rings (SSSR count). The van der Waals surface area contributed by atoms with Crippen LogP contribution in [0.5, 0.6) is 0 Å². The van der Waals surface area contributed by atoms with Crippen molar-refractivity contribution in [2.24, 2.45) is 10.4 Å². The molecule has 3 aliphatic rings. The summed E-state index contributed by atoms with van der Waals surface area (Å²) in [6.45, 7) is 9.99. The second-order valence-corrected chi connectivity index (χ2v) is 8.63. The van der Waals surface area contributed by atoms with Gasteiger partial charge in [0.1, 0.15) is 0 Å². The highest BCUT2D eigenvalue weighted by Gasteiger charge is 2.35. The lowest BCUT2D eigenvalue weighted by atomic mass is 9.73. The predicted molar refractivity (Wildman–Crippen MR) is 121 cm³/mol. The number of halogens is 1. The van der Waals surface area contributed by atoms with Gasteiger partial charge in [0.2, 0.25) is 0 Å². The maximum absolute atomic E-state index is 5.89. The Bertz CT molecular complexity index is 457. The molecular formula is C20H39IN4O2. The van der Waals surface area contributed by atoms with Crippen molar-refractivity contribution in [2.75, 3.05) is 59.6 Å². The predicted octanol–water partition coefficient (Wildman–Crippen LogP) is 2.62. The van der Waals surface area contributed by atoms with E-state index in [9.17, 15) is 0 Å². The Morgan fingerprint density at radius 3 is 2.30 bits per heavy atom. The Hall–Kier alpha value is -0.120. The Morgan fingerprint density at radius 1 is 0.963 bits per heavy atom. The third-order valence-electron chi connectivity index (χ3n) is 6.36. The molecule has 7 heteroatoms. The van der Waals surface area contributed by atoms with Crippen LogP contribution in [0.2, 0.25) is 0 Å². The standard InChI is InChI=1S/C20H38N4O2.HI/c1-19(7-6-12-26-19)15-22-18(21-2)23-16-20(8-4-3-5-9-20)17-24-10-13-25-14-11-24;/h3-17H2,1-2H3,(H2,21,22,23);1H. The first-order valence-corrected chi connectivity index (χ1v) is 10.5. The van der Waals surface area contributed by atoms with Crippen LogP contribution < -0.4 is 10.6 Å². The minimum Gasteiger partial charge on any atom is -0.379 e. The van der Waals surface area contributed by atoms with E-state index >= 15 is 0 Å². The molecule has 2 N–H and O–H groups in total. The highest BCUT2D eigenvalue weighted by molar-refractivity contribution is 14.0. The highest BCUT2D eigenvalue weighted by atomic mass is 127. The minimum atomic E-state index is -0.0477. The third-order valence-corrected chi connectivity index (χ3v) is 6.36. The second kappa shape index (κ2) is 11.2. The molecule has 1 aliphatic carbocycles. The number of hydrogen-bond donors (Lipinski definition) is 2. The maximum Gasteiger partial charge on any atom is 0.191 e. The summed E-state index contributed by atoms with van der Waals surface area (Å²) in [5, 5.41) is 7.13. The van der Waals surface area contributed by atoms with E-state index in [-0.39, 0.29) is 29.6 Å². The Labute approximate surface area is 182 Å². The van der Waals surface area contributed by atoms with Gasteiger partial charge < -0.3 is 20.1 Å². The van der Waals surface area contributed by atoms with Gasteiger partial charge in [-0.25, -0.2) is 0 Å². The fraction of sp³-hybridized carbons (Fsp3) is 0.950. The molecule has 2 saturated heterocycles. The van der Waals surface area contributed by atoms with E-state index in [1.54, 1.807) is 0 Å². The van der Waals surface area contributed by atoms with Crippen molar-refractivity contribution in [3.05, 3.63) is 0 Å². The molecule has 158 valence electrons. The van der Waals surface area contributed by atoms with Gasteiger partial charge in [0.05, 0.1) is 18.8 Å². The largest absolute Gasteiger partial charge is 0.379 e. The van der Waals surface area contributed by atoms with E-state index in [1.165, 1.54) is 38.6 Å². The van der Waals surface area contributed by atoms with Gasteiger partial charge in [-0.3, -0.25) is 9.89 Å². The van der Waals surface area contributed by atoms with Crippen LogP contribution in [-0.4, -0.2) is 76.1 Å². The fourth-order valence-electron chi connectivity index (χ4n) is 4.66. The van der Waals surface area contributed by atoms with Gasteiger partial charge in [-0.2, -0.15) is 0 Å². The van der Waals surface area contributed by atoms with Crippen molar-refractivity contribution >= 4 is 29.9 Å². The normalized spacial score (nSPS) is 29.2. The topological polar surface area (TPSA) is 58.1 Å². The van der Waals surface area contributed by atoms with Crippen LogP contribution in [0.25, 0.3) is 0 Å². The van der Waals surface area contributed by atoms with Crippen molar-refractivity contribution in [3.8, 4) is 0 Å². The molecule has 0 aromatic carbocycles. The van der Waals surface area contributed by atoms with Gasteiger partial charge >= 0.3 is 0 Å². The van der Waals surface area contributed by atoms with E-state index in [1.807, 2.05) is 7.05 Å². The summed E-state index contributed by atoms with van der Waals surface area (Å²) in [5.41, 5.74) is 0.314. The van der Waals surface area contributed by atoms with Crippen molar-refractivity contribution in [1.29, 1.82) is 0 Å². The average molecular weight is 494 g/mol. The summed E-state index contributed by atoms with van der Waals surface area (Å²) < 4.78 is 11.4. The van der Waals surface area contributed by atoms with E-state index in [2.05, 4.69) is 27.4 Å². The Balaban J connectivity index is 0.00000261. The summed E-state index contributed by atoms with van der Waals surface area (Å²) in [7, 11) is 1.86. The van der Waals surface area contributed by atoms with Crippen LogP contribution in [-0.2, 0) is 9.47 Å². The molecule has 2 heterocycles. The van der Waals surface area contributed by atoms with Crippen LogP contribution in [0.3, 0.4) is 0 Å². The molecule has 27 heavy (non-hydrogen) atoms. The molecule has 0 spiro atoms. The molecule has 0 bridgehead atoms. The average Bonchev–Trinajstić information content (AvgIpc) is 3.10. The van der Waals surface area contributed by atoms with Crippen LogP contribution in [0, 0.1) is 5.41 Å². The summed E-state index contributed by atoms with van der Waals surface area (Å²) in [4.78, 5) is 7.05. The first-order valence-electron chi connectivity index (χ1n) is 10.5. The number of nitrogens with zero attached hydrogens (tertiary/aromatic N) is 2. The number of hydrogen-bond acceptors (Lipinski definition) is 4. The number of guanidine groups is 1. The number of rotatable bonds is 6. The molecule has 3 fully saturated rings. The summed E-state index contributed by atoms with van der Waals surface area (Å²) in [6.07, 6.45) is 9.00. The fourth-order valence-corrected chi connectivity index (χ4v) is 4.66. The maximum atomic E-state index is 5.89. The second-order valence-electron chi connectivity index (χ2n) is 8.63. The number of morpholine rings is 1. The van der Waals surface area contributed by atoms with Crippen LogP contribution in [0.1, 0.15) is 51.9 Å². The van der Waals surface area contributed by atoms with Crippen LogP contribution in [0.15, 0.2) is 4.99 Å². The lowest BCUT2D eigenvalue weighted by molar-refractivity contribution is 0.00809. The zero-order valence-corrected chi connectivity index (χ0v) is 19.6. The number of ether oxygens (including phenoxy) is 2. The van der Waals surface area contributed by atoms with Crippen molar-refractivity contribution in [1.82, 2.24) is 15.5 Å². The van der Waals surface area contributed by atoms with Gasteiger partial charge in [-0.15, -0.1) is 24.0 Å². The summed E-state index contributed by atoms with van der Waals surface area (Å²) >= 11 is 0. The van der Waals surface area contributed by atoms with Crippen LogP contribution >= 0.6 is 24.0 Å². The lowest BCUT2D eigenvalue weighted by Crippen LogP contribution is -2.52. The summed E-state index contributed by atoms with van der Waals surface area (Å²) in [6, 6.07) is 0. The molecule has 1 atom stereocenters. The van der Waals surface area contributed by atoms with Crippen molar-refractivity contribution in [2.45, 2.75) is 57.5 Å². The molecule has 1 unspecified atom stereocenters. The monoisotopic (exact) mass is 494 g/mol. The molecule has 0 aromatic rings. The third kappa shape index (κ3) is 7.01. The minimum absolute atomic E-state index is 0. The molecule has 2 aliphatic heterocycles. The SMILES string of the molecule is CN=C(NCC1(CN2CCOCC2)CCCCC1)NCC1(C)CCCO1.I. The van der Waals surface area contributed by atoms with E-state index < -0.39 is 0 Å². The van der Waals surface area contributed by atoms with Gasteiger partial charge in [0.15, 0.2) is 5.96 Å². The zero-order chi connectivity index (χ0) is 18.3. The Kier molecular flexibility index (Phi) is 9.58. The molecule has 1 saturated carbocycles. The Morgan fingerprint density at radius 2 is 1.67 bits per heavy atom. The van der Waals surface area contributed by atoms with E-state index in [4.69, 9.17) is 9.47 Å². The molecule has 0 aromatic heterocycles. The molecular weight excluding hydrogens is 455 g/mol. The first kappa shape index (κ1) is 23.2. The van der Waals surface area contributed by atoms with Gasteiger partial charge in [-0.1, -0.05) is 19.3 Å². The first-order chi connectivity index (χ1) is 12.6. The van der Waals surface area contributed by atoms with E-state index in [0.717, 1.165) is 64.8 Å². The number of aliphatic imine (C=N–C) groups is 1. The van der Waals surface area contributed by atoms with Crippen molar-refractivity contribution in [3.63, 3.8) is 0 Å². The molecule has 6 nitrogen and oxygen atoms in total. The van der Waals surface area contributed by atoms with Gasteiger partial charge in [0.25, 0.3) is 0 Å². The van der Waals surface area contributed by atoms with E-state index in [0.29, 0.717) is 5.41 Å². The quantitative estimate of drug-likeness (QED) is 0.338.